The fourth-order valence-corrected chi connectivity index (χ4v) is 3.84. The van der Waals surface area contributed by atoms with Crippen molar-refractivity contribution in [2.75, 3.05) is 6.61 Å². The lowest BCUT2D eigenvalue weighted by molar-refractivity contribution is 0.0526. The highest BCUT2D eigenvalue weighted by atomic mass is 28.4. The summed E-state index contributed by atoms with van der Waals surface area (Å²) in [6.07, 6.45) is 3.21. The topological polar surface area (TPSA) is 35.5 Å². The molecule has 0 aromatic heterocycles. The van der Waals surface area contributed by atoms with Crippen LogP contribution in [0.1, 0.15) is 29.3 Å². The van der Waals surface area contributed by atoms with Gasteiger partial charge in [-0.15, -0.1) is 0 Å². The van der Waals surface area contributed by atoms with E-state index >= 15 is 0 Å². The Bertz CT molecular complexity index is 489. The van der Waals surface area contributed by atoms with Gasteiger partial charge in [-0.3, -0.25) is 0 Å². The summed E-state index contributed by atoms with van der Waals surface area (Å²) in [5.41, 5.74) is 1.62. The molecule has 102 valence electrons. The molecule has 3 nitrogen and oxygen atoms in total. The molecule has 4 heteroatoms. The maximum absolute atomic E-state index is 11.6. The Kier molecular flexibility index (Phi) is 4.10. The van der Waals surface area contributed by atoms with Crippen LogP contribution in [0.3, 0.4) is 0 Å². The first-order valence-corrected chi connectivity index (χ1v) is 9.80. The Morgan fingerprint density at radius 1 is 1.32 bits per heavy atom. The van der Waals surface area contributed by atoms with Crippen molar-refractivity contribution >= 4 is 20.0 Å². The molecule has 0 saturated heterocycles. The summed E-state index contributed by atoms with van der Waals surface area (Å²) in [5, 5.41) is 0. The highest BCUT2D eigenvalue weighted by Crippen LogP contribution is 2.30. The zero-order chi connectivity index (χ0) is 13.9. The van der Waals surface area contributed by atoms with Crippen molar-refractivity contribution in [3.63, 3.8) is 0 Å². The molecule has 0 saturated carbocycles. The molecule has 0 fully saturated rings. The van der Waals surface area contributed by atoms with Gasteiger partial charge in [-0.25, -0.2) is 4.79 Å². The van der Waals surface area contributed by atoms with Crippen molar-refractivity contribution in [2.45, 2.75) is 32.5 Å². The molecule has 2 rings (SSSR count). The van der Waals surface area contributed by atoms with Crippen LogP contribution in [0.4, 0.5) is 0 Å². The molecule has 0 atom stereocenters. The Morgan fingerprint density at radius 3 is 2.58 bits per heavy atom. The van der Waals surface area contributed by atoms with Crippen molar-refractivity contribution < 1.29 is 14.0 Å². The van der Waals surface area contributed by atoms with Crippen molar-refractivity contribution in [3.8, 4) is 0 Å². The lowest BCUT2D eigenvalue weighted by Crippen LogP contribution is -2.31. The van der Waals surface area contributed by atoms with Gasteiger partial charge in [0, 0.05) is 5.56 Å². The molecule has 1 heterocycles. The Labute approximate surface area is 115 Å². The van der Waals surface area contributed by atoms with E-state index in [2.05, 4.69) is 19.2 Å². The van der Waals surface area contributed by atoms with E-state index in [1.807, 2.05) is 12.1 Å². The highest BCUT2D eigenvalue weighted by molar-refractivity contribution is 6.72. The van der Waals surface area contributed by atoms with E-state index in [1.165, 1.54) is 0 Å². The third-order valence-electron chi connectivity index (χ3n) is 3.14. The molecule has 0 spiro atoms. The van der Waals surface area contributed by atoms with Crippen LogP contribution in [0.2, 0.25) is 19.1 Å². The van der Waals surface area contributed by atoms with Gasteiger partial charge >= 0.3 is 5.97 Å². The third kappa shape index (κ3) is 3.47. The van der Waals surface area contributed by atoms with Crippen LogP contribution in [-0.2, 0) is 9.16 Å². The fraction of sp³-hybridized carbons (Fsp3) is 0.400. The van der Waals surface area contributed by atoms with E-state index in [4.69, 9.17) is 9.16 Å². The molecule has 19 heavy (non-hydrogen) atoms. The first-order valence-electron chi connectivity index (χ1n) is 6.68. The smallest absolute Gasteiger partial charge is 0.338 e. The van der Waals surface area contributed by atoms with Gasteiger partial charge in [0.2, 0.25) is 8.32 Å². The predicted molar refractivity (Wildman–Crippen MR) is 78.4 cm³/mol. The van der Waals surface area contributed by atoms with E-state index in [1.54, 1.807) is 19.1 Å². The van der Waals surface area contributed by atoms with Crippen LogP contribution in [-0.4, -0.2) is 20.9 Å². The zero-order valence-corrected chi connectivity index (χ0v) is 12.7. The number of esters is 1. The van der Waals surface area contributed by atoms with Gasteiger partial charge in [0.05, 0.1) is 12.2 Å². The Hall–Kier alpha value is -1.55. The van der Waals surface area contributed by atoms with E-state index < -0.39 is 8.32 Å². The second-order valence-electron chi connectivity index (χ2n) is 5.27. The molecule has 0 bridgehead atoms. The number of allylic oxidation sites excluding steroid dienone is 1. The van der Waals surface area contributed by atoms with Gasteiger partial charge in [-0.2, -0.15) is 0 Å². The molecule has 0 unspecified atom stereocenters. The van der Waals surface area contributed by atoms with Gasteiger partial charge in [0.1, 0.15) is 5.76 Å². The van der Waals surface area contributed by atoms with Crippen molar-refractivity contribution in [3.05, 3.63) is 41.5 Å². The molecular formula is C15H20O3Si. The van der Waals surface area contributed by atoms with E-state index in [0.29, 0.717) is 12.2 Å². The van der Waals surface area contributed by atoms with Gasteiger partial charge in [0.25, 0.3) is 0 Å². The van der Waals surface area contributed by atoms with Crippen LogP contribution < -0.4 is 0 Å². The van der Waals surface area contributed by atoms with Crippen LogP contribution in [0.25, 0.3) is 5.76 Å². The number of benzene rings is 1. The average molecular weight is 276 g/mol. The molecule has 0 N–H and O–H groups in total. The van der Waals surface area contributed by atoms with Crippen LogP contribution in [0, 0.1) is 0 Å². The van der Waals surface area contributed by atoms with E-state index in [0.717, 1.165) is 23.8 Å². The molecule has 1 aromatic carbocycles. The summed E-state index contributed by atoms with van der Waals surface area (Å²) in [4.78, 5) is 11.6. The number of hydrogen-bond acceptors (Lipinski definition) is 3. The molecule has 1 aliphatic rings. The lowest BCUT2D eigenvalue weighted by atomic mass is 10.1. The normalized spacial score (nSPS) is 17.3. The van der Waals surface area contributed by atoms with Crippen molar-refractivity contribution in [1.82, 2.24) is 0 Å². The van der Waals surface area contributed by atoms with Crippen molar-refractivity contribution in [1.29, 1.82) is 0 Å². The first-order chi connectivity index (χ1) is 9.02. The number of ether oxygens (including phenoxy) is 1. The lowest BCUT2D eigenvalue weighted by Gasteiger charge is -2.29. The second kappa shape index (κ2) is 5.61. The Balaban J connectivity index is 2.15. The molecular weight excluding hydrogens is 256 g/mol. The maximum atomic E-state index is 11.6. The first kappa shape index (κ1) is 13.9. The van der Waals surface area contributed by atoms with E-state index in [-0.39, 0.29) is 5.97 Å². The van der Waals surface area contributed by atoms with Crippen LogP contribution >= 0.6 is 0 Å². The third-order valence-corrected chi connectivity index (χ3v) is 5.41. The van der Waals surface area contributed by atoms with Gasteiger partial charge in [-0.05, 0) is 50.7 Å². The minimum atomic E-state index is -1.54. The largest absolute Gasteiger partial charge is 0.544 e. The summed E-state index contributed by atoms with van der Waals surface area (Å²) in [6, 6.07) is 8.60. The molecule has 0 amide bonds. The molecule has 0 radical (unpaired) electrons. The zero-order valence-electron chi connectivity index (χ0n) is 11.7. The van der Waals surface area contributed by atoms with Crippen molar-refractivity contribution in [2.24, 2.45) is 0 Å². The summed E-state index contributed by atoms with van der Waals surface area (Å²) < 4.78 is 11.1. The molecule has 1 aromatic rings. The Morgan fingerprint density at radius 2 is 2.00 bits per heavy atom. The molecule has 0 aliphatic carbocycles. The maximum Gasteiger partial charge on any atom is 0.338 e. The fourth-order valence-electron chi connectivity index (χ4n) is 2.10. The second-order valence-corrected chi connectivity index (χ2v) is 9.49. The van der Waals surface area contributed by atoms with E-state index in [9.17, 15) is 4.79 Å². The summed E-state index contributed by atoms with van der Waals surface area (Å²) in [7, 11) is -1.54. The number of rotatable bonds is 3. The molecule has 1 aliphatic heterocycles. The quantitative estimate of drug-likeness (QED) is 0.621. The highest BCUT2D eigenvalue weighted by Gasteiger charge is 2.28. The summed E-state index contributed by atoms with van der Waals surface area (Å²) in [6.45, 7) is 6.66. The monoisotopic (exact) mass is 276 g/mol. The van der Waals surface area contributed by atoms with Crippen LogP contribution in [0.5, 0.6) is 0 Å². The SMILES string of the molecule is CCOC(=O)c1ccc(C2=CCC[Si](C)(C)O2)cc1. The minimum Gasteiger partial charge on any atom is -0.544 e. The number of carbonyl (C=O) groups is 1. The number of hydrogen-bond donors (Lipinski definition) is 0. The summed E-state index contributed by atoms with van der Waals surface area (Å²) in [5.74, 6) is 0.681. The summed E-state index contributed by atoms with van der Waals surface area (Å²) >= 11 is 0. The minimum absolute atomic E-state index is 0.276. The van der Waals surface area contributed by atoms with Gasteiger partial charge in [-0.1, -0.05) is 12.1 Å². The predicted octanol–water partition coefficient (Wildman–Crippen LogP) is 3.83. The van der Waals surface area contributed by atoms with Crippen LogP contribution in [0.15, 0.2) is 30.3 Å². The number of carbonyl (C=O) groups excluding carboxylic acids is 1. The van der Waals surface area contributed by atoms with Gasteiger partial charge < -0.3 is 9.16 Å². The average Bonchev–Trinajstić information content (AvgIpc) is 2.38. The van der Waals surface area contributed by atoms with Gasteiger partial charge in [0.15, 0.2) is 0 Å². The standard InChI is InChI=1S/C15H20O3Si/c1-4-17-15(16)13-9-7-12(8-10-13)14-6-5-11-19(2,3)18-14/h6-10H,4-5,11H2,1-3H3.